The van der Waals surface area contributed by atoms with E-state index in [2.05, 4.69) is 0 Å². The molecule has 1 nitrogen and oxygen atoms in total. The minimum atomic E-state index is -0.841. The van der Waals surface area contributed by atoms with Crippen LogP contribution in [0.3, 0.4) is 0 Å². The molecule has 0 atom stereocenters. The molecule has 0 aromatic heterocycles. The van der Waals surface area contributed by atoms with E-state index >= 15 is 0 Å². The van der Waals surface area contributed by atoms with Crippen molar-refractivity contribution in [1.29, 1.82) is 0 Å². The number of allylic oxidation sites excluding steroid dienone is 4. The molecule has 1 aromatic rings. The van der Waals surface area contributed by atoms with Crippen LogP contribution in [0, 0.1) is 11.6 Å². The summed E-state index contributed by atoms with van der Waals surface area (Å²) in [7, 11) is 0. The lowest BCUT2D eigenvalue weighted by Crippen LogP contribution is -1.94. The number of rotatable bonds is 1. The molecule has 0 bridgehead atoms. The van der Waals surface area contributed by atoms with Crippen molar-refractivity contribution in [3.8, 4) is 0 Å². The maximum Gasteiger partial charge on any atom is 0.159 e. The SMILES string of the molecule is OC1=CC=C(c2ccc(F)c(F)c2)CC1. The van der Waals surface area contributed by atoms with Crippen LogP contribution in [0.25, 0.3) is 5.57 Å². The summed E-state index contributed by atoms with van der Waals surface area (Å²) in [6, 6.07) is 3.83. The minimum absolute atomic E-state index is 0.321. The van der Waals surface area contributed by atoms with Crippen molar-refractivity contribution >= 4 is 5.57 Å². The molecular formula is C12H10F2O. The first kappa shape index (κ1) is 9.90. The van der Waals surface area contributed by atoms with Gasteiger partial charge in [-0.3, -0.25) is 0 Å². The normalized spacial score (nSPS) is 15.9. The van der Waals surface area contributed by atoms with Crippen molar-refractivity contribution in [2.75, 3.05) is 0 Å². The molecule has 15 heavy (non-hydrogen) atoms. The van der Waals surface area contributed by atoms with Crippen LogP contribution in [0.4, 0.5) is 8.78 Å². The number of hydrogen-bond acceptors (Lipinski definition) is 1. The fourth-order valence-electron chi connectivity index (χ4n) is 1.56. The van der Waals surface area contributed by atoms with Gasteiger partial charge in [0.2, 0.25) is 0 Å². The lowest BCUT2D eigenvalue weighted by Gasteiger charge is -2.11. The van der Waals surface area contributed by atoms with Crippen LogP contribution in [0.1, 0.15) is 18.4 Å². The zero-order valence-electron chi connectivity index (χ0n) is 8.00. The minimum Gasteiger partial charge on any atom is -0.512 e. The smallest absolute Gasteiger partial charge is 0.159 e. The maximum atomic E-state index is 12.9. The Labute approximate surface area is 86.4 Å². The molecule has 0 unspecified atom stereocenters. The lowest BCUT2D eigenvalue weighted by atomic mass is 9.96. The van der Waals surface area contributed by atoms with Crippen molar-refractivity contribution in [1.82, 2.24) is 0 Å². The number of halogens is 2. The Kier molecular flexibility index (Phi) is 2.54. The van der Waals surface area contributed by atoms with Gasteiger partial charge in [-0.05, 0) is 35.8 Å². The van der Waals surface area contributed by atoms with E-state index in [1.54, 1.807) is 18.2 Å². The number of aliphatic hydroxyl groups is 1. The fraction of sp³-hybridized carbons (Fsp3) is 0.167. The molecule has 0 saturated heterocycles. The highest BCUT2D eigenvalue weighted by Gasteiger charge is 2.09. The summed E-state index contributed by atoms with van der Waals surface area (Å²) in [4.78, 5) is 0. The number of hydrogen-bond donors (Lipinski definition) is 1. The molecule has 0 spiro atoms. The average molecular weight is 208 g/mol. The third-order valence-electron chi connectivity index (χ3n) is 2.42. The monoisotopic (exact) mass is 208 g/mol. The second-order valence-corrected chi connectivity index (χ2v) is 3.48. The largest absolute Gasteiger partial charge is 0.512 e. The van der Waals surface area contributed by atoms with Crippen LogP contribution >= 0.6 is 0 Å². The summed E-state index contributed by atoms with van der Waals surface area (Å²) in [5.41, 5.74) is 1.57. The zero-order chi connectivity index (χ0) is 10.8. The van der Waals surface area contributed by atoms with Gasteiger partial charge < -0.3 is 5.11 Å². The van der Waals surface area contributed by atoms with Crippen molar-refractivity contribution < 1.29 is 13.9 Å². The van der Waals surface area contributed by atoms with E-state index in [1.165, 1.54) is 6.07 Å². The van der Waals surface area contributed by atoms with Gasteiger partial charge in [0.15, 0.2) is 11.6 Å². The third-order valence-corrected chi connectivity index (χ3v) is 2.42. The quantitative estimate of drug-likeness (QED) is 0.747. The Bertz CT molecular complexity index is 447. The standard InChI is InChI=1S/C12H10F2O/c13-11-6-3-9(7-12(11)14)8-1-4-10(15)5-2-8/h1,3-4,6-7,15H,2,5H2. The van der Waals surface area contributed by atoms with Gasteiger partial charge in [0.25, 0.3) is 0 Å². The van der Waals surface area contributed by atoms with Crippen molar-refractivity contribution in [3.63, 3.8) is 0 Å². The van der Waals surface area contributed by atoms with E-state index in [0.29, 0.717) is 24.2 Å². The highest BCUT2D eigenvalue weighted by atomic mass is 19.2. The predicted molar refractivity (Wildman–Crippen MR) is 54.3 cm³/mol. The van der Waals surface area contributed by atoms with E-state index < -0.39 is 11.6 Å². The highest BCUT2D eigenvalue weighted by Crippen LogP contribution is 2.26. The van der Waals surface area contributed by atoms with E-state index in [-0.39, 0.29) is 0 Å². The third kappa shape index (κ3) is 2.06. The first-order valence-electron chi connectivity index (χ1n) is 4.71. The Morgan fingerprint density at radius 2 is 1.80 bits per heavy atom. The van der Waals surface area contributed by atoms with Gasteiger partial charge in [-0.2, -0.15) is 0 Å². The van der Waals surface area contributed by atoms with Crippen molar-refractivity contribution in [2.24, 2.45) is 0 Å². The van der Waals surface area contributed by atoms with Crippen LogP contribution in [0.2, 0.25) is 0 Å². The molecule has 1 aliphatic carbocycles. The van der Waals surface area contributed by atoms with E-state index in [4.69, 9.17) is 5.11 Å². The van der Waals surface area contributed by atoms with Gasteiger partial charge in [0, 0.05) is 6.42 Å². The molecule has 0 amide bonds. The van der Waals surface area contributed by atoms with Gasteiger partial charge in [0.05, 0.1) is 5.76 Å². The summed E-state index contributed by atoms with van der Waals surface area (Å²) in [6.45, 7) is 0. The van der Waals surface area contributed by atoms with E-state index in [1.807, 2.05) is 0 Å². The second kappa shape index (κ2) is 3.85. The van der Waals surface area contributed by atoms with Crippen molar-refractivity contribution in [3.05, 3.63) is 53.3 Å². The summed E-state index contributed by atoms with van der Waals surface area (Å²) < 4.78 is 25.6. The number of benzene rings is 1. The van der Waals surface area contributed by atoms with Crippen molar-refractivity contribution in [2.45, 2.75) is 12.8 Å². The number of aliphatic hydroxyl groups excluding tert-OH is 1. The maximum absolute atomic E-state index is 12.9. The summed E-state index contributed by atoms with van der Waals surface area (Å²) in [6.07, 6.45) is 4.50. The van der Waals surface area contributed by atoms with Gasteiger partial charge in [-0.1, -0.05) is 12.1 Å². The molecule has 0 saturated carbocycles. The van der Waals surface area contributed by atoms with Gasteiger partial charge >= 0.3 is 0 Å². The average Bonchev–Trinajstić information content (AvgIpc) is 2.23. The Hall–Kier alpha value is -1.64. The summed E-state index contributed by atoms with van der Waals surface area (Å²) >= 11 is 0. The fourth-order valence-corrected chi connectivity index (χ4v) is 1.56. The molecule has 1 aromatic carbocycles. The molecule has 78 valence electrons. The van der Waals surface area contributed by atoms with Crippen LogP contribution in [-0.2, 0) is 0 Å². The molecule has 3 heteroatoms. The molecule has 0 radical (unpaired) electrons. The van der Waals surface area contributed by atoms with Crippen LogP contribution in [0.15, 0.2) is 36.1 Å². The zero-order valence-corrected chi connectivity index (χ0v) is 8.00. The molecule has 0 heterocycles. The summed E-state index contributed by atoms with van der Waals surface area (Å²) in [5, 5.41) is 9.16. The molecule has 2 rings (SSSR count). The van der Waals surface area contributed by atoms with Crippen LogP contribution in [0.5, 0.6) is 0 Å². The lowest BCUT2D eigenvalue weighted by molar-refractivity contribution is 0.388. The highest BCUT2D eigenvalue weighted by molar-refractivity contribution is 5.68. The first-order chi connectivity index (χ1) is 7.16. The first-order valence-corrected chi connectivity index (χ1v) is 4.71. The van der Waals surface area contributed by atoms with Gasteiger partial charge in [-0.25, -0.2) is 8.78 Å². The molecular weight excluding hydrogens is 198 g/mol. The van der Waals surface area contributed by atoms with E-state index in [0.717, 1.165) is 11.6 Å². The Balaban J connectivity index is 2.35. The Morgan fingerprint density at radius 3 is 2.40 bits per heavy atom. The topological polar surface area (TPSA) is 20.2 Å². The molecule has 0 aliphatic heterocycles. The molecule has 1 aliphatic rings. The van der Waals surface area contributed by atoms with Crippen LogP contribution < -0.4 is 0 Å². The Morgan fingerprint density at radius 1 is 1.00 bits per heavy atom. The molecule has 1 N–H and O–H groups in total. The predicted octanol–water partition coefficient (Wildman–Crippen LogP) is 3.58. The van der Waals surface area contributed by atoms with Crippen LogP contribution in [-0.4, -0.2) is 5.11 Å². The summed E-state index contributed by atoms with van der Waals surface area (Å²) in [5.74, 6) is -1.36. The van der Waals surface area contributed by atoms with E-state index in [9.17, 15) is 8.78 Å². The second-order valence-electron chi connectivity index (χ2n) is 3.48. The van der Waals surface area contributed by atoms with Gasteiger partial charge in [-0.15, -0.1) is 0 Å². The molecule has 0 fully saturated rings. The van der Waals surface area contributed by atoms with Gasteiger partial charge in [0.1, 0.15) is 0 Å².